The SMILES string of the molecule is COC(=O)c1ccc(C(CCC(F)(F)F)Oc2ccc(Cl)nc2)cc1. The summed E-state index contributed by atoms with van der Waals surface area (Å²) in [7, 11) is 1.25. The number of alkyl halides is 3. The lowest BCUT2D eigenvalue weighted by Gasteiger charge is -2.20. The monoisotopic (exact) mass is 373 g/mol. The third-order valence-electron chi connectivity index (χ3n) is 3.37. The van der Waals surface area contributed by atoms with Crippen molar-refractivity contribution in [1.82, 2.24) is 4.98 Å². The van der Waals surface area contributed by atoms with Crippen molar-refractivity contribution in [3.63, 3.8) is 0 Å². The van der Waals surface area contributed by atoms with Crippen LogP contribution in [-0.4, -0.2) is 24.2 Å². The lowest BCUT2D eigenvalue weighted by atomic mass is 10.0. The van der Waals surface area contributed by atoms with Gasteiger partial charge >= 0.3 is 12.1 Å². The molecule has 0 aliphatic rings. The summed E-state index contributed by atoms with van der Waals surface area (Å²) < 4.78 is 48.0. The Hall–Kier alpha value is -2.28. The van der Waals surface area contributed by atoms with E-state index in [1.165, 1.54) is 49.7 Å². The van der Waals surface area contributed by atoms with E-state index in [1.54, 1.807) is 0 Å². The van der Waals surface area contributed by atoms with E-state index in [4.69, 9.17) is 16.3 Å². The minimum absolute atomic E-state index is 0.252. The Morgan fingerprint density at radius 2 is 1.88 bits per heavy atom. The predicted octanol–water partition coefficient (Wildman–Crippen LogP) is 4.98. The van der Waals surface area contributed by atoms with Crippen LogP contribution in [0.1, 0.15) is 34.9 Å². The van der Waals surface area contributed by atoms with Crippen LogP contribution in [0.3, 0.4) is 0 Å². The van der Waals surface area contributed by atoms with Gasteiger partial charge in [-0.1, -0.05) is 23.7 Å². The quantitative estimate of drug-likeness (QED) is 0.529. The highest BCUT2D eigenvalue weighted by Crippen LogP contribution is 2.31. The molecule has 0 spiro atoms. The minimum Gasteiger partial charge on any atom is -0.484 e. The molecule has 4 nitrogen and oxygen atoms in total. The van der Waals surface area contributed by atoms with E-state index in [0.29, 0.717) is 16.9 Å². The third-order valence-corrected chi connectivity index (χ3v) is 3.60. The number of hydrogen-bond donors (Lipinski definition) is 0. The first-order valence-corrected chi connectivity index (χ1v) is 7.69. The fraction of sp³-hybridized carbons (Fsp3) is 0.294. The molecule has 0 radical (unpaired) electrons. The number of esters is 1. The van der Waals surface area contributed by atoms with Gasteiger partial charge in [0, 0.05) is 6.42 Å². The van der Waals surface area contributed by atoms with Gasteiger partial charge in [0.2, 0.25) is 0 Å². The highest BCUT2D eigenvalue weighted by Gasteiger charge is 2.29. The zero-order valence-electron chi connectivity index (χ0n) is 13.2. The molecule has 0 bridgehead atoms. The van der Waals surface area contributed by atoms with Crippen LogP contribution in [0.2, 0.25) is 5.15 Å². The molecule has 1 aromatic heterocycles. The fourth-order valence-corrected chi connectivity index (χ4v) is 2.25. The van der Waals surface area contributed by atoms with E-state index in [0.717, 1.165) is 0 Å². The highest BCUT2D eigenvalue weighted by molar-refractivity contribution is 6.29. The van der Waals surface area contributed by atoms with Crippen molar-refractivity contribution >= 4 is 17.6 Å². The van der Waals surface area contributed by atoms with Crippen LogP contribution in [-0.2, 0) is 4.74 Å². The number of hydrogen-bond acceptors (Lipinski definition) is 4. The van der Waals surface area contributed by atoms with E-state index < -0.39 is 24.7 Å². The number of benzene rings is 1. The number of rotatable bonds is 6. The van der Waals surface area contributed by atoms with Crippen LogP contribution < -0.4 is 4.74 Å². The highest BCUT2D eigenvalue weighted by atomic mass is 35.5. The Balaban J connectivity index is 2.20. The molecule has 1 heterocycles. The molecule has 0 saturated heterocycles. The smallest absolute Gasteiger partial charge is 0.389 e. The Morgan fingerprint density at radius 3 is 2.40 bits per heavy atom. The van der Waals surface area contributed by atoms with Gasteiger partial charge in [-0.3, -0.25) is 0 Å². The predicted molar refractivity (Wildman–Crippen MR) is 85.7 cm³/mol. The summed E-state index contributed by atoms with van der Waals surface area (Å²) in [5.74, 6) is -0.227. The summed E-state index contributed by atoms with van der Waals surface area (Å²) in [6.45, 7) is 0. The van der Waals surface area contributed by atoms with Crippen LogP contribution in [0.5, 0.6) is 5.75 Å². The molecular formula is C17H15ClF3NO3. The Labute approximate surface area is 147 Å². The molecule has 8 heteroatoms. The van der Waals surface area contributed by atoms with Crippen molar-refractivity contribution in [1.29, 1.82) is 0 Å². The summed E-state index contributed by atoms with van der Waals surface area (Å²) in [5.41, 5.74) is 0.806. The number of methoxy groups -OCH3 is 1. The zero-order valence-corrected chi connectivity index (χ0v) is 14.0. The van der Waals surface area contributed by atoms with Crippen molar-refractivity contribution < 1.29 is 27.4 Å². The van der Waals surface area contributed by atoms with Gasteiger partial charge in [0.1, 0.15) is 17.0 Å². The number of carbonyl (C=O) groups excluding carboxylic acids is 1. The van der Waals surface area contributed by atoms with Gasteiger partial charge in [-0.05, 0) is 36.2 Å². The number of nitrogens with zero attached hydrogens (tertiary/aromatic N) is 1. The van der Waals surface area contributed by atoms with Gasteiger partial charge in [-0.25, -0.2) is 9.78 Å². The zero-order chi connectivity index (χ0) is 18.4. The standard InChI is InChI=1S/C17H15ClF3NO3/c1-24-16(23)12-4-2-11(3-5-12)14(8-9-17(19,20)21)25-13-6-7-15(18)22-10-13/h2-7,10,14H,8-9H2,1H3. The van der Waals surface area contributed by atoms with Gasteiger partial charge in [0.15, 0.2) is 0 Å². The van der Waals surface area contributed by atoms with Gasteiger partial charge < -0.3 is 9.47 Å². The molecule has 25 heavy (non-hydrogen) atoms. The van der Waals surface area contributed by atoms with Gasteiger partial charge in [0.25, 0.3) is 0 Å². The van der Waals surface area contributed by atoms with Crippen molar-refractivity contribution in [2.75, 3.05) is 7.11 Å². The Morgan fingerprint density at radius 1 is 1.20 bits per heavy atom. The van der Waals surface area contributed by atoms with Crippen molar-refractivity contribution in [2.45, 2.75) is 25.1 Å². The number of ether oxygens (including phenoxy) is 2. The van der Waals surface area contributed by atoms with E-state index >= 15 is 0 Å². The molecule has 2 rings (SSSR count). The van der Waals surface area contributed by atoms with Crippen molar-refractivity contribution in [3.8, 4) is 5.75 Å². The van der Waals surface area contributed by atoms with E-state index in [1.807, 2.05) is 0 Å². The maximum Gasteiger partial charge on any atom is 0.389 e. The molecule has 0 amide bonds. The first kappa shape index (κ1) is 19.1. The van der Waals surface area contributed by atoms with E-state index in [2.05, 4.69) is 9.72 Å². The number of carbonyl (C=O) groups is 1. The Bertz CT molecular complexity index is 703. The second-order valence-electron chi connectivity index (χ2n) is 5.19. The minimum atomic E-state index is -4.30. The molecule has 1 unspecified atom stereocenters. The average molecular weight is 374 g/mol. The van der Waals surface area contributed by atoms with Crippen LogP contribution in [0, 0.1) is 0 Å². The van der Waals surface area contributed by atoms with Crippen LogP contribution in [0.15, 0.2) is 42.6 Å². The maximum absolute atomic E-state index is 12.6. The summed E-state index contributed by atoms with van der Waals surface area (Å²) >= 11 is 5.69. The lowest BCUT2D eigenvalue weighted by Crippen LogP contribution is -2.14. The van der Waals surface area contributed by atoms with Crippen LogP contribution >= 0.6 is 11.6 Å². The van der Waals surface area contributed by atoms with E-state index in [9.17, 15) is 18.0 Å². The summed E-state index contributed by atoms with van der Waals surface area (Å²) in [6, 6.07) is 9.04. The van der Waals surface area contributed by atoms with E-state index in [-0.39, 0.29) is 11.6 Å². The number of halogens is 4. The van der Waals surface area contributed by atoms with Gasteiger partial charge in [-0.2, -0.15) is 13.2 Å². The first-order valence-electron chi connectivity index (χ1n) is 7.32. The second-order valence-corrected chi connectivity index (χ2v) is 5.58. The maximum atomic E-state index is 12.6. The normalized spacial score (nSPS) is 12.5. The molecule has 1 atom stereocenters. The molecule has 2 aromatic rings. The average Bonchev–Trinajstić information content (AvgIpc) is 2.59. The molecule has 1 aromatic carbocycles. The fourth-order valence-electron chi connectivity index (χ4n) is 2.14. The first-order chi connectivity index (χ1) is 11.8. The molecule has 0 aliphatic carbocycles. The van der Waals surface area contributed by atoms with Crippen molar-refractivity contribution in [2.24, 2.45) is 0 Å². The molecule has 0 aliphatic heterocycles. The largest absolute Gasteiger partial charge is 0.484 e. The third kappa shape index (κ3) is 5.94. The summed E-state index contributed by atoms with van der Waals surface area (Å²) in [5, 5.41) is 0.252. The molecule has 0 N–H and O–H groups in total. The van der Waals surface area contributed by atoms with Crippen LogP contribution in [0.25, 0.3) is 0 Å². The Kier molecular flexibility index (Phi) is 6.25. The van der Waals surface area contributed by atoms with Crippen LogP contribution in [0.4, 0.5) is 13.2 Å². The van der Waals surface area contributed by atoms with Gasteiger partial charge in [-0.15, -0.1) is 0 Å². The molecule has 0 fully saturated rings. The topological polar surface area (TPSA) is 48.4 Å². The molecule has 0 saturated carbocycles. The van der Waals surface area contributed by atoms with Crippen molar-refractivity contribution in [3.05, 3.63) is 58.9 Å². The summed E-state index contributed by atoms with van der Waals surface area (Å²) in [4.78, 5) is 15.3. The second kappa shape index (κ2) is 8.20. The summed E-state index contributed by atoms with van der Waals surface area (Å²) in [6.07, 6.45) is -5.09. The molecule has 134 valence electrons. The van der Waals surface area contributed by atoms with Gasteiger partial charge in [0.05, 0.1) is 18.9 Å². The number of aromatic nitrogens is 1. The molecular weight excluding hydrogens is 359 g/mol. The lowest BCUT2D eigenvalue weighted by molar-refractivity contribution is -0.139. The number of pyridine rings is 1.